The van der Waals surface area contributed by atoms with Gasteiger partial charge in [0.05, 0.1) is 13.2 Å². The lowest BCUT2D eigenvalue weighted by molar-refractivity contribution is -0.142. The Morgan fingerprint density at radius 3 is 2.62 bits per heavy atom. The third-order valence-corrected chi connectivity index (χ3v) is 2.32. The molecule has 3 heteroatoms. The van der Waals surface area contributed by atoms with Gasteiger partial charge in [0.1, 0.15) is 0 Å². The van der Waals surface area contributed by atoms with Crippen LogP contribution in [0.25, 0.3) is 0 Å². The van der Waals surface area contributed by atoms with E-state index in [0.717, 1.165) is 12.8 Å². The molecule has 3 nitrogen and oxygen atoms in total. The van der Waals surface area contributed by atoms with E-state index in [1.807, 2.05) is 0 Å². The predicted octanol–water partition coefficient (Wildman–Crippen LogP) is 2.67. The fraction of sp³-hybridized carbons (Fsp3) is 0.769. The molecule has 0 aromatic heterocycles. The van der Waals surface area contributed by atoms with Gasteiger partial charge in [-0.3, -0.25) is 4.79 Å². The van der Waals surface area contributed by atoms with E-state index in [4.69, 9.17) is 4.74 Å². The summed E-state index contributed by atoms with van der Waals surface area (Å²) < 4.78 is 5.06. The first kappa shape index (κ1) is 15.2. The Hall–Kier alpha value is -0.830. The molecule has 0 rings (SSSR count). The Balaban J connectivity index is 3.12. The maximum absolute atomic E-state index is 11.1. The van der Waals surface area contributed by atoms with Crippen LogP contribution in [0.2, 0.25) is 0 Å². The summed E-state index contributed by atoms with van der Waals surface area (Å²) in [6, 6.07) is 0. The molecule has 0 aliphatic heterocycles. The largest absolute Gasteiger partial charge is 0.465 e. The Labute approximate surface area is 99.3 Å². The van der Waals surface area contributed by atoms with Gasteiger partial charge in [-0.05, 0) is 6.42 Å². The van der Waals surface area contributed by atoms with Crippen molar-refractivity contribution in [1.82, 2.24) is 5.32 Å². The smallest absolute Gasteiger partial charge is 0.319 e. The highest BCUT2D eigenvalue weighted by atomic mass is 16.5. The maximum atomic E-state index is 11.1. The summed E-state index contributed by atoms with van der Waals surface area (Å²) in [5.41, 5.74) is 0. The van der Waals surface area contributed by atoms with E-state index >= 15 is 0 Å². The van der Waals surface area contributed by atoms with Gasteiger partial charge in [-0.2, -0.15) is 0 Å². The molecule has 0 atom stereocenters. The molecule has 1 N–H and O–H groups in total. The SMILES string of the molecule is C=CCNCC(=O)OCCCCCCCC. The minimum absolute atomic E-state index is 0.171. The van der Waals surface area contributed by atoms with Crippen molar-refractivity contribution in [2.75, 3.05) is 19.7 Å². The number of hydrogen-bond donors (Lipinski definition) is 1. The number of nitrogens with one attached hydrogen (secondary N) is 1. The van der Waals surface area contributed by atoms with Crippen LogP contribution in [0.1, 0.15) is 45.4 Å². The molecule has 0 unspecified atom stereocenters. The second kappa shape index (κ2) is 12.2. The number of carbonyl (C=O) groups excluding carboxylic acids is 1. The lowest BCUT2D eigenvalue weighted by atomic mass is 10.1. The highest BCUT2D eigenvalue weighted by Gasteiger charge is 2.00. The van der Waals surface area contributed by atoms with Crippen LogP contribution in [0.5, 0.6) is 0 Å². The van der Waals surface area contributed by atoms with Crippen molar-refractivity contribution in [2.45, 2.75) is 45.4 Å². The molecule has 0 aromatic rings. The Bertz CT molecular complexity index is 181. The Morgan fingerprint density at radius 2 is 1.94 bits per heavy atom. The minimum atomic E-state index is -0.171. The van der Waals surface area contributed by atoms with E-state index in [9.17, 15) is 4.79 Å². The van der Waals surface area contributed by atoms with E-state index in [1.54, 1.807) is 6.08 Å². The average molecular weight is 227 g/mol. The molecule has 0 aromatic carbocycles. The molecule has 0 spiro atoms. The first-order chi connectivity index (χ1) is 7.81. The second-order valence-corrected chi connectivity index (χ2v) is 3.91. The van der Waals surface area contributed by atoms with Crippen molar-refractivity contribution in [3.05, 3.63) is 12.7 Å². The van der Waals surface area contributed by atoms with Gasteiger partial charge < -0.3 is 10.1 Å². The van der Waals surface area contributed by atoms with Crippen molar-refractivity contribution in [3.63, 3.8) is 0 Å². The van der Waals surface area contributed by atoms with Crippen LogP contribution in [0.3, 0.4) is 0 Å². The lowest BCUT2D eigenvalue weighted by Crippen LogP contribution is -2.24. The van der Waals surface area contributed by atoms with Gasteiger partial charge in [0.2, 0.25) is 0 Å². The molecule has 0 saturated carbocycles. The summed E-state index contributed by atoms with van der Waals surface area (Å²) in [6.45, 7) is 7.24. The minimum Gasteiger partial charge on any atom is -0.465 e. The van der Waals surface area contributed by atoms with Crippen molar-refractivity contribution in [3.8, 4) is 0 Å². The number of unbranched alkanes of at least 4 members (excludes halogenated alkanes) is 5. The zero-order valence-corrected chi connectivity index (χ0v) is 10.5. The summed E-state index contributed by atoms with van der Waals surface area (Å²) in [6.07, 6.45) is 8.99. The Morgan fingerprint density at radius 1 is 1.25 bits per heavy atom. The Kier molecular flexibility index (Phi) is 11.6. The highest BCUT2D eigenvalue weighted by Crippen LogP contribution is 2.04. The van der Waals surface area contributed by atoms with E-state index in [2.05, 4.69) is 18.8 Å². The molecule has 94 valence electrons. The third kappa shape index (κ3) is 11.2. The van der Waals surface area contributed by atoms with E-state index in [1.165, 1.54) is 25.7 Å². The molecule has 0 amide bonds. The van der Waals surface area contributed by atoms with Crippen LogP contribution in [0.4, 0.5) is 0 Å². The van der Waals surface area contributed by atoms with Crippen LogP contribution in [0.15, 0.2) is 12.7 Å². The van der Waals surface area contributed by atoms with Gasteiger partial charge >= 0.3 is 5.97 Å². The van der Waals surface area contributed by atoms with E-state index in [0.29, 0.717) is 13.2 Å². The fourth-order valence-corrected chi connectivity index (χ4v) is 1.40. The van der Waals surface area contributed by atoms with Crippen LogP contribution >= 0.6 is 0 Å². The van der Waals surface area contributed by atoms with Gasteiger partial charge in [0.25, 0.3) is 0 Å². The standard InChI is InChI=1S/C13H25NO2/c1-3-5-6-7-8-9-11-16-13(15)12-14-10-4-2/h4,14H,2-3,5-12H2,1H3. The number of rotatable bonds is 11. The lowest BCUT2D eigenvalue weighted by Gasteiger charge is -2.05. The normalized spacial score (nSPS) is 10.1. The average Bonchev–Trinajstić information content (AvgIpc) is 2.28. The molecule has 0 fully saturated rings. The maximum Gasteiger partial charge on any atom is 0.319 e. The number of hydrogen-bond acceptors (Lipinski definition) is 3. The van der Waals surface area contributed by atoms with Gasteiger partial charge in [0, 0.05) is 6.54 Å². The van der Waals surface area contributed by atoms with Crippen LogP contribution in [-0.2, 0) is 9.53 Å². The molecule has 0 aliphatic carbocycles. The quantitative estimate of drug-likeness (QED) is 0.335. The fourth-order valence-electron chi connectivity index (χ4n) is 1.40. The summed E-state index contributed by atoms with van der Waals surface area (Å²) in [7, 11) is 0. The zero-order chi connectivity index (χ0) is 12.1. The summed E-state index contributed by atoms with van der Waals surface area (Å²) >= 11 is 0. The monoisotopic (exact) mass is 227 g/mol. The molecular formula is C13H25NO2. The second-order valence-electron chi connectivity index (χ2n) is 3.91. The molecule has 0 heterocycles. The van der Waals surface area contributed by atoms with Crippen molar-refractivity contribution >= 4 is 5.97 Å². The van der Waals surface area contributed by atoms with Gasteiger partial charge in [0.15, 0.2) is 0 Å². The highest BCUT2D eigenvalue weighted by molar-refractivity contribution is 5.71. The van der Waals surface area contributed by atoms with E-state index < -0.39 is 0 Å². The zero-order valence-electron chi connectivity index (χ0n) is 10.5. The molecule has 0 radical (unpaired) electrons. The predicted molar refractivity (Wildman–Crippen MR) is 67.4 cm³/mol. The van der Waals surface area contributed by atoms with Crippen molar-refractivity contribution in [2.24, 2.45) is 0 Å². The van der Waals surface area contributed by atoms with Gasteiger partial charge in [-0.15, -0.1) is 6.58 Å². The van der Waals surface area contributed by atoms with Crippen LogP contribution < -0.4 is 5.32 Å². The van der Waals surface area contributed by atoms with Crippen LogP contribution in [-0.4, -0.2) is 25.7 Å². The number of ether oxygens (including phenoxy) is 1. The molecule has 0 aliphatic rings. The molecule has 0 bridgehead atoms. The third-order valence-electron chi connectivity index (χ3n) is 2.32. The van der Waals surface area contributed by atoms with Crippen molar-refractivity contribution in [1.29, 1.82) is 0 Å². The summed E-state index contributed by atoms with van der Waals surface area (Å²) in [5, 5.41) is 2.91. The number of carbonyl (C=O) groups is 1. The first-order valence-electron chi connectivity index (χ1n) is 6.28. The topological polar surface area (TPSA) is 38.3 Å². The first-order valence-corrected chi connectivity index (χ1v) is 6.28. The summed E-state index contributed by atoms with van der Waals surface area (Å²) in [4.78, 5) is 11.1. The number of esters is 1. The molecular weight excluding hydrogens is 202 g/mol. The molecule has 16 heavy (non-hydrogen) atoms. The van der Waals surface area contributed by atoms with Gasteiger partial charge in [-0.25, -0.2) is 0 Å². The summed E-state index contributed by atoms with van der Waals surface area (Å²) in [5.74, 6) is -0.171. The van der Waals surface area contributed by atoms with Crippen molar-refractivity contribution < 1.29 is 9.53 Å². The van der Waals surface area contributed by atoms with E-state index in [-0.39, 0.29) is 12.5 Å². The van der Waals surface area contributed by atoms with Crippen LogP contribution in [0, 0.1) is 0 Å². The van der Waals surface area contributed by atoms with Gasteiger partial charge in [-0.1, -0.05) is 45.1 Å². The molecule has 0 saturated heterocycles.